The summed E-state index contributed by atoms with van der Waals surface area (Å²) in [5.41, 5.74) is 16.0. The van der Waals surface area contributed by atoms with Gasteiger partial charge in [-0.1, -0.05) is 5.11 Å². The van der Waals surface area contributed by atoms with Gasteiger partial charge < -0.3 is 10.6 Å². The molecule has 0 spiro atoms. The molecule has 146 valence electrons. The van der Waals surface area contributed by atoms with Gasteiger partial charge in [0, 0.05) is 34.8 Å². The molecule has 3 heterocycles. The van der Waals surface area contributed by atoms with Gasteiger partial charge in [-0.2, -0.15) is 9.97 Å². The van der Waals surface area contributed by atoms with E-state index in [1.54, 1.807) is 13.0 Å². The van der Waals surface area contributed by atoms with Crippen molar-refractivity contribution in [3.63, 3.8) is 0 Å². The molecule has 0 fully saturated rings. The second-order valence-electron chi connectivity index (χ2n) is 6.22. The molecule has 0 aliphatic carbocycles. The molecule has 2 N–H and O–H groups in total. The van der Waals surface area contributed by atoms with Crippen LogP contribution in [-0.2, 0) is 6.54 Å². The predicted molar refractivity (Wildman–Crippen MR) is 110 cm³/mol. The third-order valence-electron chi connectivity index (χ3n) is 4.32. The van der Waals surface area contributed by atoms with E-state index in [1.165, 1.54) is 15.9 Å². The number of nitrogens with zero attached hydrogens (tertiary/aromatic N) is 8. The maximum absolute atomic E-state index is 12.6. The Morgan fingerprint density at radius 3 is 2.93 bits per heavy atom. The van der Waals surface area contributed by atoms with Crippen LogP contribution in [0.5, 0.6) is 0 Å². The van der Waals surface area contributed by atoms with E-state index in [1.807, 2.05) is 24.1 Å². The molecule has 0 saturated carbocycles. The summed E-state index contributed by atoms with van der Waals surface area (Å²) in [4.78, 5) is 31.0. The van der Waals surface area contributed by atoms with Crippen LogP contribution < -0.4 is 16.3 Å². The van der Waals surface area contributed by atoms with Crippen molar-refractivity contribution in [2.24, 2.45) is 15.8 Å². The minimum absolute atomic E-state index is 0.330. The maximum Gasteiger partial charge on any atom is 0.352 e. The highest BCUT2D eigenvalue weighted by molar-refractivity contribution is 7.15. The molecule has 0 bridgehead atoms. The summed E-state index contributed by atoms with van der Waals surface area (Å²) in [6.45, 7) is 5.94. The topological polar surface area (TPSA) is 138 Å². The molecule has 2 aromatic rings. The van der Waals surface area contributed by atoms with E-state index in [9.17, 15) is 4.79 Å². The van der Waals surface area contributed by atoms with E-state index in [0.29, 0.717) is 36.4 Å². The fourth-order valence-corrected chi connectivity index (χ4v) is 3.68. The number of anilines is 1. The molecule has 10 nitrogen and oxygen atoms in total. The summed E-state index contributed by atoms with van der Waals surface area (Å²) in [6.07, 6.45) is 2.56. The van der Waals surface area contributed by atoms with Gasteiger partial charge >= 0.3 is 5.69 Å². The number of hydrogen-bond donors (Lipinski definition) is 1. The first kappa shape index (κ1) is 19.6. The standard InChI is InChI=1S/C17H21N9OS/c1-3-20-8-12-6-7-25(10-14(12)18)16-21-11(2)26(17(27)22-16)9-13-4-5-15(28-13)23-24-19/h4-5,8H,3,6-7,9-10,18H2,1-2H3. The second kappa shape index (κ2) is 8.68. The summed E-state index contributed by atoms with van der Waals surface area (Å²) in [5, 5.41) is 4.12. The number of azide groups is 1. The molecule has 0 radical (unpaired) electrons. The van der Waals surface area contributed by atoms with Crippen LogP contribution in [0.1, 0.15) is 24.0 Å². The minimum Gasteiger partial charge on any atom is -0.400 e. The number of aliphatic imine (C=N–C) groups is 1. The molecule has 3 rings (SSSR count). The summed E-state index contributed by atoms with van der Waals surface area (Å²) in [7, 11) is 0. The fraction of sp³-hybridized carbons (Fsp3) is 0.412. The summed E-state index contributed by atoms with van der Waals surface area (Å²) < 4.78 is 1.50. The quantitative estimate of drug-likeness (QED) is 0.344. The average molecular weight is 399 g/mol. The summed E-state index contributed by atoms with van der Waals surface area (Å²) in [5.74, 6) is 0.948. The monoisotopic (exact) mass is 399 g/mol. The van der Waals surface area contributed by atoms with Crippen LogP contribution in [0.2, 0.25) is 0 Å². The highest BCUT2D eigenvalue weighted by Crippen LogP contribution is 2.25. The lowest BCUT2D eigenvalue weighted by atomic mass is 10.1. The highest BCUT2D eigenvalue weighted by atomic mass is 32.1. The van der Waals surface area contributed by atoms with Crippen molar-refractivity contribution in [1.82, 2.24) is 14.5 Å². The number of aryl methyl sites for hydroxylation is 1. The Hall–Kier alpha value is -3.17. The summed E-state index contributed by atoms with van der Waals surface area (Å²) >= 11 is 1.33. The molecule has 0 aromatic carbocycles. The van der Waals surface area contributed by atoms with Gasteiger partial charge in [0.1, 0.15) is 5.82 Å². The molecule has 1 aliphatic heterocycles. The number of aromatic nitrogens is 3. The smallest absolute Gasteiger partial charge is 0.352 e. The van der Waals surface area contributed by atoms with Gasteiger partial charge in [0.15, 0.2) is 0 Å². The van der Waals surface area contributed by atoms with Gasteiger partial charge in [0.05, 0.1) is 18.1 Å². The lowest BCUT2D eigenvalue weighted by molar-refractivity contribution is 0.652. The number of nitrogens with two attached hydrogens (primary N) is 1. The summed E-state index contributed by atoms with van der Waals surface area (Å²) in [6, 6.07) is 3.54. The zero-order valence-corrected chi connectivity index (χ0v) is 16.6. The minimum atomic E-state index is -0.373. The van der Waals surface area contributed by atoms with Crippen molar-refractivity contribution in [2.75, 3.05) is 24.5 Å². The maximum atomic E-state index is 12.6. The van der Waals surface area contributed by atoms with Gasteiger partial charge in [-0.05, 0) is 43.5 Å². The van der Waals surface area contributed by atoms with Crippen LogP contribution in [0.15, 0.2) is 38.3 Å². The molecule has 0 saturated heterocycles. The van der Waals surface area contributed by atoms with Crippen molar-refractivity contribution in [3.8, 4) is 0 Å². The molecular formula is C17H21N9OS. The van der Waals surface area contributed by atoms with Gasteiger partial charge in [-0.15, -0.1) is 11.3 Å². The zero-order valence-electron chi connectivity index (χ0n) is 15.7. The van der Waals surface area contributed by atoms with Crippen LogP contribution in [-0.4, -0.2) is 40.4 Å². The molecule has 0 atom stereocenters. The highest BCUT2D eigenvalue weighted by Gasteiger charge is 2.20. The van der Waals surface area contributed by atoms with E-state index in [-0.39, 0.29) is 5.69 Å². The van der Waals surface area contributed by atoms with Gasteiger partial charge in [0.25, 0.3) is 0 Å². The van der Waals surface area contributed by atoms with Crippen molar-refractivity contribution >= 4 is 28.5 Å². The molecule has 0 amide bonds. The van der Waals surface area contributed by atoms with Crippen LogP contribution in [0.4, 0.5) is 10.9 Å². The molecule has 11 heteroatoms. The van der Waals surface area contributed by atoms with Crippen LogP contribution in [0.3, 0.4) is 0 Å². The van der Waals surface area contributed by atoms with Crippen molar-refractivity contribution in [3.05, 3.63) is 55.0 Å². The Bertz CT molecular complexity index is 1030. The zero-order chi connectivity index (χ0) is 20.1. The third kappa shape index (κ3) is 4.38. The van der Waals surface area contributed by atoms with Crippen molar-refractivity contribution < 1.29 is 0 Å². The first-order valence-corrected chi connectivity index (χ1v) is 9.65. The molecule has 1 aliphatic rings. The molecular weight excluding hydrogens is 378 g/mol. The Balaban J connectivity index is 1.80. The number of rotatable bonds is 6. The largest absolute Gasteiger partial charge is 0.400 e. The molecule has 2 aromatic heterocycles. The normalized spacial score (nSPS) is 14.6. The third-order valence-corrected chi connectivity index (χ3v) is 5.28. The van der Waals surface area contributed by atoms with E-state index >= 15 is 0 Å². The Morgan fingerprint density at radius 2 is 2.25 bits per heavy atom. The Kier molecular flexibility index (Phi) is 6.07. The van der Waals surface area contributed by atoms with E-state index in [4.69, 9.17) is 11.3 Å². The van der Waals surface area contributed by atoms with Crippen LogP contribution in [0, 0.1) is 6.92 Å². The van der Waals surface area contributed by atoms with Gasteiger partial charge in [-0.3, -0.25) is 9.56 Å². The van der Waals surface area contributed by atoms with Crippen molar-refractivity contribution in [2.45, 2.75) is 26.8 Å². The first-order valence-electron chi connectivity index (χ1n) is 8.83. The van der Waals surface area contributed by atoms with Gasteiger partial charge in [0.2, 0.25) is 5.95 Å². The predicted octanol–water partition coefficient (Wildman–Crippen LogP) is 2.51. The van der Waals surface area contributed by atoms with Gasteiger partial charge in [-0.25, -0.2) is 4.79 Å². The van der Waals surface area contributed by atoms with E-state index in [0.717, 1.165) is 29.1 Å². The van der Waals surface area contributed by atoms with Crippen LogP contribution in [0.25, 0.3) is 10.4 Å². The first-order chi connectivity index (χ1) is 13.5. The fourth-order valence-electron chi connectivity index (χ4n) is 2.86. The second-order valence-corrected chi connectivity index (χ2v) is 7.37. The lowest BCUT2D eigenvalue weighted by Crippen LogP contribution is -2.38. The van der Waals surface area contributed by atoms with Crippen LogP contribution >= 0.6 is 11.3 Å². The Morgan fingerprint density at radius 1 is 1.43 bits per heavy atom. The number of hydrogen-bond acceptors (Lipinski definition) is 8. The lowest BCUT2D eigenvalue weighted by Gasteiger charge is -2.28. The van der Waals surface area contributed by atoms with Crippen molar-refractivity contribution in [1.29, 1.82) is 0 Å². The molecule has 0 unspecified atom stereocenters. The Labute approximate surface area is 165 Å². The number of thiophene rings is 1. The van der Waals surface area contributed by atoms with E-state index < -0.39 is 0 Å². The SMILES string of the molecule is CCN=CC1=C(N)CN(c2nc(C)n(Cc3ccc(N=[N+]=[N-])s3)c(=O)n2)CC1. The molecule has 28 heavy (non-hydrogen) atoms. The van der Waals surface area contributed by atoms with E-state index in [2.05, 4.69) is 25.0 Å². The average Bonchev–Trinajstić information content (AvgIpc) is 3.11.